The molecule has 0 aliphatic heterocycles. The lowest BCUT2D eigenvalue weighted by atomic mass is 10.1. The van der Waals surface area contributed by atoms with Gasteiger partial charge >= 0.3 is 0 Å². The highest BCUT2D eigenvalue weighted by Gasteiger charge is 2.11. The Morgan fingerprint density at radius 2 is 1.97 bits per heavy atom. The number of fused-ring (bicyclic) bond motifs is 1. The second kappa shape index (κ2) is 8.42. The molecule has 0 atom stereocenters. The summed E-state index contributed by atoms with van der Waals surface area (Å²) >= 11 is 6.04. The number of nitrogens with zero attached hydrogens (tertiary/aromatic N) is 4. The maximum Gasteiger partial charge on any atom is 0.271 e. The molecule has 1 aromatic carbocycles. The van der Waals surface area contributed by atoms with E-state index in [0.717, 1.165) is 27.7 Å². The highest BCUT2D eigenvalue weighted by molar-refractivity contribution is 6.31. The van der Waals surface area contributed by atoms with Gasteiger partial charge in [-0.05, 0) is 42.3 Å². The normalized spacial score (nSPS) is 10.9. The van der Waals surface area contributed by atoms with E-state index in [1.165, 1.54) is 6.20 Å². The molecule has 3 heterocycles. The predicted molar refractivity (Wildman–Crippen MR) is 116 cm³/mol. The van der Waals surface area contributed by atoms with Gasteiger partial charge in [0.1, 0.15) is 11.5 Å². The molecule has 0 bridgehead atoms. The van der Waals surface area contributed by atoms with Gasteiger partial charge in [-0.1, -0.05) is 23.7 Å². The van der Waals surface area contributed by atoms with Crippen LogP contribution in [-0.2, 0) is 13.0 Å². The predicted octanol–water partition coefficient (Wildman–Crippen LogP) is 3.48. The molecule has 3 aromatic heterocycles. The van der Waals surface area contributed by atoms with E-state index < -0.39 is 0 Å². The number of benzene rings is 1. The van der Waals surface area contributed by atoms with Gasteiger partial charge in [0, 0.05) is 36.4 Å². The molecule has 3 N–H and O–H groups in total. The molecular formula is C22H19ClN6O. The minimum atomic E-state index is -0.296. The molecule has 0 aliphatic rings. The molecule has 0 fully saturated rings. The Bertz CT molecular complexity index is 1240. The molecule has 7 nitrogen and oxygen atoms in total. The Morgan fingerprint density at radius 1 is 1.10 bits per heavy atom. The number of hydrogen-bond acceptors (Lipinski definition) is 6. The molecule has 0 unspecified atom stereocenters. The number of aromatic nitrogens is 4. The monoisotopic (exact) mass is 418 g/mol. The molecule has 4 rings (SSSR count). The van der Waals surface area contributed by atoms with Crippen molar-refractivity contribution < 1.29 is 4.79 Å². The van der Waals surface area contributed by atoms with E-state index in [9.17, 15) is 4.79 Å². The first-order valence-electron chi connectivity index (χ1n) is 9.33. The highest BCUT2D eigenvalue weighted by Crippen LogP contribution is 2.19. The third-order valence-electron chi connectivity index (χ3n) is 4.67. The third kappa shape index (κ3) is 4.52. The van der Waals surface area contributed by atoms with Gasteiger partial charge in [-0.15, -0.1) is 0 Å². The van der Waals surface area contributed by atoms with Gasteiger partial charge in [0.15, 0.2) is 0 Å². The average molecular weight is 419 g/mol. The number of amides is 1. The van der Waals surface area contributed by atoms with E-state index in [-0.39, 0.29) is 11.6 Å². The summed E-state index contributed by atoms with van der Waals surface area (Å²) in [5.74, 6) is 0.156. The van der Waals surface area contributed by atoms with Gasteiger partial charge in [-0.2, -0.15) is 0 Å². The van der Waals surface area contributed by atoms with Crippen molar-refractivity contribution in [2.45, 2.75) is 19.9 Å². The molecule has 0 spiro atoms. The lowest BCUT2D eigenvalue weighted by Crippen LogP contribution is -2.25. The SMILES string of the molecule is Cc1nc(N)ccc1CNC(=O)c1cncc(Cc2ccc3ncc(Cl)cc3c2)n1. The standard InChI is InChI=1S/C22H19ClN6O/c1-13-15(3-5-21(24)28-13)9-27-22(30)20-12-25-11-18(29-20)7-14-2-4-19-16(6-14)8-17(23)10-26-19/h2-6,8,10-12H,7,9H2,1H3,(H2,24,28)(H,27,30). The third-order valence-corrected chi connectivity index (χ3v) is 4.88. The molecule has 0 radical (unpaired) electrons. The van der Waals surface area contributed by atoms with Gasteiger partial charge in [0.05, 0.1) is 22.4 Å². The second-order valence-corrected chi connectivity index (χ2v) is 7.35. The summed E-state index contributed by atoms with van der Waals surface area (Å²) in [6, 6.07) is 11.4. The van der Waals surface area contributed by atoms with E-state index in [0.29, 0.717) is 29.5 Å². The van der Waals surface area contributed by atoms with Gasteiger partial charge in [0.2, 0.25) is 0 Å². The minimum absolute atomic E-state index is 0.263. The van der Waals surface area contributed by atoms with Gasteiger partial charge < -0.3 is 11.1 Å². The lowest BCUT2D eigenvalue weighted by Gasteiger charge is -2.09. The van der Waals surface area contributed by atoms with Crippen molar-refractivity contribution in [3.8, 4) is 0 Å². The smallest absolute Gasteiger partial charge is 0.271 e. The van der Waals surface area contributed by atoms with Crippen LogP contribution in [0.4, 0.5) is 5.82 Å². The van der Waals surface area contributed by atoms with E-state index in [4.69, 9.17) is 17.3 Å². The van der Waals surface area contributed by atoms with Crippen molar-refractivity contribution in [1.82, 2.24) is 25.3 Å². The number of aryl methyl sites for hydroxylation is 1. The Hall–Kier alpha value is -3.58. The first kappa shape index (κ1) is 19.7. The first-order valence-corrected chi connectivity index (χ1v) is 9.71. The number of carbonyl (C=O) groups is 1. The maximum absolute atomic E-state index is 12.5. The van der Waals surface area contributed by atoms with Crippen LogP contribution in [0.3, 0.4) is 0 Å². The van der Waals surface area contributed by atoms with Gasteiger partial charge in [-0.25, -0.2) is 9.97 Å². The van der Waals surface area contributed by atoms with Crippen molar-refractivity contribution in [3.63, 3.8) is 0 Å². The Kier molecular flexibility index (Phi) is 5.54. The number of halogens is 1. The van der Waals surface area contributed by atoms with Crippen molar-refractivity contribution in [1.29, 1.82) is 0 Å². The number of pyridine rings is 2. The molecule has 0 saturated heterocycles. The van der Waals surface area contributed by atoms with Crippen molar-refractivity contribution in [2.75, 3.05) is 5.73 Å². The fourth-order valence-electron chi connectivity index (χ4n) is 3.14. The van der Waals surface area contributed by atoms with Gasteiger partial charge in [-0.3, -0.25) is 14.8 Å². The Morgan fingerprint density at radius 3 is 2.80 bits per heavy atom. The number of anilines is 1. The van der Waals surface area contributed by atoms with Crippen molar-refractivity contribution in [3.05, 3.63) is 88.2 Å². The van der Waals surface area contributed by atoms with E-state index in [1.807, 2.05) is 37.3 Å². The summed E-state index contributed by atoms with van der Waals surface area (Å²) in [6.07, 6.45) is 5.28. The maximum atomic E-state index is 12.5. The quantitative estimate of drug-likeness (QED) is 0.513. The van der Waals surface area contributed by atoms with Crippen LogP contribution < -0.4 is 11.1 Å². The van der Waals surface area contributed by atoms with Crippen LogP contribution >= 0.6 is 11.6 Å². The molecule has 30 heavy (non-hydrogen) atoms. The number of hydrogen-bond donors (Lipinski definition) is 2. The zero-order valence-corrected chi connectivity index (χ0v) is 17.0. The number of carbonyl (C=O) groups excluding carboxylic acids is 1. The molecule has 4 aromatic rings. The van der Waals surface area contributed by atoms with Crippen molar-refractivity contribution >= 4 is 34.2 Å². The molecule has 0 saturated carbocycles. The lowest BCUT2D eigenvalue weighted by molar-refractivity contribution is 0.0945. The number of nitrogen functional groups attached to an aromatic ring is 1. The topological polar surface area (TPSA) is 107 Å². The summed E-state index contributed by atoms with van der Waals surface area (Å²) in [4.78, 5) is 29.7. The van der Waals surface area contributed by atoms with Crippen LogP contribution in [0.1, 0.15) is 33.0 Å². The Balaban J connectivity index is 1.47. The summed E-state index contributed by atoms with van der Waals surface area (Å²) in [6.45, 7) is 2.19. The number of rotatable bonds is 5. The zero-order valence-electron chi connectivity index (χ0n) is 16.3. The van der Waals surface area contributed by atoms with Crippen molar-refractivity contribution in [2.24, 2.45) is 0 Å². The number of nitrogens with two attached hydrogens (primary N) is 1. The van der Waals surface area contributed by atoms with Crippen LogP contribution in [0.2, 0.25) is 5.02 Å². The first-order chi connectivity index (χ1) is 14.5. The molecular weight excluding hydrogens is 400 g/mol. The Labute approximate surface area is 178 Å². The second-order valence-electron chi connectivity index (χ2n) is 6.92. The van der Waals surface area contributed by atoms with E-state index in [2.05, 4.69) is 25.3 Å². The van der Waals surface area contributed by atoms with E-state index >= 15 is 0 Å². The summed E-state index contributed by atoms with van der Waals surface area (Å²) < 4.78 is 0. The molecule has 1 amide bonds. The van der Waals surface area contributed by atoms with E-state index in [1.54, 1.807) is 18.5 Å². The summed E-state index contributed by atoms with van der Waals surface area (Å²) in [5.41, 5.74) is 10.2. The van der Waals surface area contributed by atoms with Crippen LogP contribution in [0.15, 0.2) is 55.0 Å². The molecule has 8 heteroatoms. The highest BCUT2D eigenvalue weighted by atomic mass is 35.5. The van der Waals surface area contributed by atoms with Crippen LogP contribution in [0, 0.1) is 6.92 Å². The summed E-state index contributed by atoms with van der Waals surface area (Å²) in [5, 5.41) is 4.39. The van der Waals surface area contributed by atoms with Crippen LogP contribution in [0.25, 0.3) is 10.9 Å². The number of nitrogens with one attached hydrogen (secondary N) is 1. The molecule has 150 valence electrons. The largest absolute Gasteiger partial charge is 0.384 e. The van der Waals surface area contributed by atoms with Crippen LogP contribution in [0.5, 0.6) is 0 Å². The minimum Gasteiger partial charge on any atom is -0.384 e. The van der Waals surface area contributed by atoms with Gasteiger partial charge in [0.25, 0.3) is 5.91 Å². The fraction of sp³-hybridized carbons (Fsp3) is 0.136. The zero-order chi connectivity index (χ0) is 21.1. The fourth-order valence-corrected chi connectivity index (χ4v) is 3.30. The average Bonchev–Trinajstić information content (AvgIpc) is 2.73. The summed E-state index contributed by atoms with van der Waals surface area (Å²) in [7, 11) is 0. The van der Waals surface area contributed by atoms with Crippen LogP contribution in [-0.4, -0.2) is 25.8 Å². The molecule has 0 aliphatic carbocycles.